The highest BCUT2D eigenvalue weighted by atomic mass is 32.2. The SMILES string of the molecule is C#CCSCCNCC(=O)Nc1cccc(C)c1. The molecule has 2 N–H and O–H groups in total. The van der Waals surface area contributed by atoms with Gasteiger partial charge in [-0.25, -0.2) is 0 Å². The van der Waals surface area contributed by atoms with Gasteiger partial charge in [-0.3, -0.25) is 4.79 Å². The first kappa shape index (κ1) is 14.6. The Balaban J connectivity index is 2.16. The summed E-state index contributed by atoms with van der Waals surface area (Å²) < 4.78 is 0. The first-order valence-corrected chi connectivity index (χ1v) is 6.96. The van der Waals surface area contributed by atoms with E-state index < -0.39 is 0 Å². The van der Waals surface area contributed by atoms with Gasteiger partial charge < -0.3 is 10.6 Å². The second-order valence-corrected chi connectivity index (χ2v) is 4.96. The van der Waals surface area contributed by atoms with Crippen molar-refractivity contribution in [2.75, 3.05) is 29.9 Å². The molecule has 1 amide bonds. The van der Waals surface area contributed by atoms with Gasteiger partial charge >= 0.3 is 0 Å². The van der Waals surface area contributed by atoms with Crippen LogP contribution in [-0.4, -0.2) is 30.5 Å². The van der Waals surface area contributed by atoms with Crippen molar-refractivity contribution in [3.63, 3.8) is 0 Å². The van der Waals surface area contributed by atoms with E-state index in [1.807, 2.05) is 31.2 Å². The Morgan fingerprint density at radius 3 is 3.06 bits per heavy atom. The van der Waals surface area contributed by atoms with Gasteiger partial charge in [-0.05, 0) is 24.6 Å². The first-order chi connectivity index (χ1) is 8.72. The lowest BCUT2D eigenvalue weighted by Crippen LogP contribution is -2.29. The summed E-state index contributed by atoms with van der Waals surface area (Å²) in [4.78, 5) is 11.6. The van der Waals surface area contributed by atoms with Crippen molar-refractivity contribution < 1.29 is 4.79 Å². The molecule has 96 valence electrons. The summed E-state index contributed by atoms with van der Waals surface area (Å²) in [6.45, 7) is 3.11. The van der Waals surface area contributed by atoms with Crippen molar-refractivity contribution in [2.45, 2.75) is 6.92 Å². The largest absolute Gasteiger partial charge is 0.325 e. The van der Waals surface area contributed by atoms with Gasteiger partial charge in [0, 0.05) is 18.0 Å². The third-order valence-corrected chi connectivity index (χ3v) is 3.06. The molecule has 1 aromatic rings. The maximum Gasteiger partial charge on any atom is 0.238 e. The van der Waals surface area contributed by atoms with E-state index in [0.717, 1.165) is 29.3 Å². The van der Waals surface area contributed by atoms with Crippen LogP contribution < -0.4 is 10.6 Å². The molecule has 18 heavy (non-hydrogen) atoms. The van der Waals surface area contributed by atoms with Crippen LogP contribution in [0.5, 0.6) is 0 Å². The molecule has 0 saturated heterocycles. The van der Waals surface area contributed by atoms with Crippen LogP contribution in [0.25, 0.3) is 0 Å². The predicted molar refractivity (Wildman–Crippen MR) is 78.8 cm³/mol. The number of thioether (sulfide) groups is 1. The van der Waals surface area contributed by atoms with E-state index in [9.17, 15) is 4.79 Å². The Kier molecular flexibility index (Phi) is 7.00. The van der Waals surface area contributed by atoms with Crippen molar-refractivity contribution in [3.8, 4) is 12.3 Å². The monoisotopic (exact) mass is 262 g/mol. The minimum absolute atomic E-state index is 0.0254. The number of carbonyl (C=O) groups is 1. The second kappa shape index (κ2) is 8.62. The molecule has 1 rings (SSSR count). The number of hydrogen-bond donors (Lipinski definition) is 2. The molecule has 0 aliphatic carbocycles. The van der Waals surface area contributed by atoms with Gasteiger partial charge in [-0.2, -0.15) is 0 Å². The van der Waals surface area contributed by atoms with E-state index in [-0.39, 0.29) is 5.91 Å². The van der Waals surface area contributed by atoms with Crippen LogP contribution in [0, 0.1) is 19.3 Å². The van der Waals surface area contributed by atoms with Gasteiger partial charge in [-0.15, -0.1) is 18.2 Å². The zero-order chi connectivity index (χ0) is 13.2. The summed E-state index contributed by atoms with van der Waals surface area (Å²) in [5.41, 5.74) is 1.97. The van der Waals surface area contributed by atoms with Crippen LogP contribution in [0.3, 0.4) is 0 Å². The number of terminal acetylenes is 1. The zero-order valence-corrected chi connectivity index (χ0v) is 11.3. The van der Waals surface area contributed by atoms with Gasteiger partial charge in [0.1, 0.15) is 0 Å². The summed E-state index contributed by atoms with van der Waals surface area (Å²) in [6.07, 6.45) is 5.13. The highest BCUT2D eigenvalue weighted by Gasteiger charge is 2.01. The van der Waals surface area contributed by atoms with Crippen LogP contribution in [0.1, 0.15) is 5.56 Å². The lowest BCUT2D eigenvalue weighted by molar-refractivity contribution is -0.115. The van der Waals surface area contributed by atoms with Crippen LogP contribution >= 0.6 is 11.8 Å². The van der Waals surface area contributed by atoms with Gasteiger partial charge in [0.25, 0.3) is 0 Å². The summed E-state index contributed by atoms with van der Waals surface area (Å²) in [5, 5.41) is 5.92. The molecule has 0 saturated carbocycles. The Morgan fingerprint density at radius 2 is 2.33 bits per heavy atom. The van der Waals surface area contributed by atoms with Crippen molar-refractivity contribution in [2.24, 2.45) is 0 Å². The van der Waals surface area contributed by atoms with Crippen molar-refractivity contribution in [1.29, 1.82) is 0 Å². The van der Waals surface area contributed by atoms with Crippen molar-refractivity contribution in [3.05, 3.63) is 29.8 Å². The van der Waals surface area contributed by atoms with Crippen LogP contribution in [-0.2, 0) is 4.79 Å². The molecule has 0 heterocycles. The molecule has 0 bridgehead atoms. The third-order valence-electron chi connectivity index (χ3n) is 2.20. The molecular weight excluding hydrogens is 244 g/mol. The number of rotatable bonds is 7. The number of aryl methyl sites for hydroxylation is 1. The van der Waals surface area contributed by atoms with Gasteiger partial charge in [0.05, 0.1) is 12.3 Å². The normalized spacial score (nSPS) is 9.78. The highest BCUT2D eigenvalue weighted by molar-refractivity contribution is 7.99. The number of benzene rings is 1. The molecule has 0 radical (unpaired) electrons. The summed E-state index contributed by atoms with van der Waals surface area (Å²) in [7, 11) is 0. The maximum absolute atomic E-state index is 11.6. The number of nitrogens with one attached hydrogen (secondary N) is 2. The topological polar surface area (TPSA) is 41.1 Å². The van der Waals surface area contributed by atoms with E-state index in [0.29, 0.717) is 6.54 Å². The molecule has 0 aromatic heterocycles. The average molecular weight is 262 g/mol. The fourth-order valence-corrected chi connectivity index (χ4v) is 1.96. The van der Waals surface area contributed by atoms with Crippen molar-refractivity contribution in [1.82, 2.24) is 5.32 Å². The average Bonchev–Trinajstić information content (AvgIpc) is 2.33. The highest BCUT2D eigenvalue weighted by Crippen LogP contribution is 2.08. The fourth-order valence-electron chi connectivity index (χ4n) is 1.41. The molecule has 0 aliphatic heterocycles. The fraction of sp³-hybridized carbons (Fsp3) is 0.357. The summed E-state index contributed by atoms with van der Waals surface area (Å²) in [6, 6.07) is 7.75. The first-order valence-electron chi connectivity index (χ1n) is 5.81. The van der Waals surface area contributed by atoms with Crippen LogP contribution in [0.15, 0.2) is 24.3 Å². The molecule has 0 aliphatic rings. The van der Waals surface area contributed by atoms with Crippen LogP contribution in [0.4, 0.5) is 5.69 Å². The molecule has 0 fully saturated rings. The van der Waals surface area contributed by atoms with E-state index in [1.165, 1.54) is 0 Å². The smallest absolute Gasteiger partial charge is 0.238 e. The molecule has 0 atom stereocenters. The minimum Gasteiger partial charge on any atom is -0.325 e. The van der Waals surface area contributed by atoms with Gasteiger partial charge in [0.15, 0.2) is 0 Å². The third kappa shape index (κ3) is 6.33. The van der Waals surface area contributed by atoms with E-state index in [2.05, 4.69) is 16.6 Å². The molecule has 0 spiro atoms. The number of anilines is 1. The molecule has 1 aromatic carbocycles. The van der Waals surface area contributed by atoms with Crippen molar-refractivity contribution >= 4 is 23.4 Å². The summed E-state index contributed by atoms with van der Waals surface area (Å²) in [5.74, 6) is 4.17. The van der Waals surface area contributed by atoms with E-state index in [4.69, 9.17) is 6.42 Å². The lowest BCUT2D eigenvalue weighted by Gasteiger charge is -2.07. The maximum atomic E-state index is 11.6. The van der Waals surface area contributed by atoms with E-state index in [1.54, 1.807) is 11.8 Å². The Labute approximate surface area is 113 Å². The van der Waals surface area contributed by atoms with Gasteiger partial charge in [-0.1, -0.05) is 18.1 Å². The Morgan fingerprint density at radius 1 is 1.50 bits per heavy atom. The van der Waals surface area contributed by atoms with Gasteiger partial charge in [0.2, 0.25) is 5.91 Å². The zero-order valence-electron chi connectivity index (χ0n) is 10.5. The second-order valence-electron chi connectivity index (χ2n) is 3.85. The number of hydrogen-bond acceptors (Lipinski definition) is 3. The number of amides is 1. The molecule has 3 nitrogen and oxygen atoms in total. The van der Waals surface area contributed by atoms with Crippen LogP contribution in [0.2, 0.25) is 0 Å². The molecule has 0 unspecified atom stereocenters. The minimum atomic E-state index is -0.0254. The Bertz CT molecular complexity index is 426. The Hall–Kier alpha value is -1.44. The molecular formula is C14H18N2OS. The quantitative estimate of drug-likeness (QED) is 0.582. The lowest BCUT2D eigenvalue weighted by atomic mass is 10.2. The summed E-state index contributed by atoms with van der Waals surface area (Å²) >= 11 is 1.68. The number of carbonyl (C=O) groups excluding carboxylic acids is 1. The van der Waals surface area contributed by atoms with E-state index >= 15 is 0 Å². The molecule has 4 heteroatoms. The predicted octanol–water partition coefficient (Wildman–Crippen LogP) is 1.89. The standard InChI is InChI=1S/C14H18N2OS/c1-3-8-18-9-7-15-11-14(17)16-13-6-4-5-12(2)10-13/h1,4-6,10,15H,7-9,11H2,2H3,(H,16,17).